The van der Waals surface area contributed by atoms with Gasteiger partial charge in [0.2, 0.25) is 0 Å². The zero-order valence-corrected chi connectivity index (χ0v) is 13.4. The molecule has 1 aromatic rings. The van der Waals surface area contributed by atoms with Crippen LogP contribution >= 0.6 is 0 Å². The third-order valence-corrected chi connectivity index (χ3v) is 3.98. The summed E-state index contributed by atoms with van der Waals surface area (Å²) in [5.74, 6) is 2.60. The topological polar surface area (TPSA) is 34.4 Å². The van der Waals surface area contributed by atoms with Gasteiger partial charge in [-0.15, -0.1) is 0 Å². The number of nitrogens with one attached hydrogen (secondary N) is 1. The molecule has 114 valence electrons. The smallest absolute Gasteiger partial charge is 0.129 e. The van der Waals surface area contributed by atoms with Crippen LogP contribution in [0.15, 0.2) is 16.5 Å². The maximum Gasteiger partial charge on any atom is 0.129 e. The fraction of sp³-hybridized carbons (Fsp3) is 0.765. The molecule has 0 saturated heterocycles. The predicted octanol–water partition coefficient (Wildman–Crippen LogP) is 4.26. The van der Waals surface area contributed by atoms with Gasteiger partial charge >= 0.3 is 0 Å². The first kappa shape index (κ1) is 15.6. The van der Waals surface area contributed by atoms with Gasteiger partial charge in [0.15, 0.2) is 0 Å². The zero-order chi connectivity index (χ0) is 14.6. The Labute approximate surface area is 123 Å². The Morgan fingerprint density at radius 1 is 1.20 bits per heavy atom. The zero-order valence-electron chi connectivity index (χ0n) is 13.4. The van der Waals surface area contributed by atoms with Gasteiger partial charge in [-0.1, -0.05) is 19.8 Å². The van der Waals surface area contributed by atoms with Crippen LogP contribution < -0.4 is 5.32 Å². The summed E-state index contributed by atoms with van der Waals surface area (Å²) in [4.78, 5) is 0. The van der Waals surface area contributed by atoms with Gasteiger partial charge in [0.05, 0.1) is 12.6 Å². The third kappa shape index (κ3) is 4.95. The van der Waals surface area contributed by atoms with E-state index in [1.54, 1.807) is 0 Å². The van der Waals surface area contributed by atoms with E-state index >= 15 is 0 Å². The summed E-state index contributed by atoms with van der Waals surface area (Å²) in [6.07, 6.45) is 5.55. The molecule has 2 unspecified atom stereocenters. The lowest BCUT2D eigenvalue weighted by atomic mass is 9.88. The summed E-state index contributed by atoms with van der Waals surface area (Å²) in [5, 5.41) is 3.43. The van der Waals surface area contributed by atoms with Crippen molar-refractivity contribution in [2.45, 2.75) is 78.2 Å². The Bertz CT molecular complexity index is 405. The molecule has 1 saturated carbocycles. The van der Waals surface area contributed by atoms with Gasteiger partial charge in [-0.3, -0.25) is 0 Å². The van der Waals surface area contributed by atoms with Crippen LogP contribution in [-0.2, 0) is 17.9 Å². The van der Waals surface area contributed by atoms with Gasteiger partial charge in [-0.25, -0.2) is 0 Å². The molecular formula is C17H29NO2. The van der Waals surface area contributed by atoms with Crippen molar-refractivity contribution in [3.8, 4) is 0 Å². The maximum atomic E-state index is 6.03. The Kier molecular flexibility index (Phi) is 5.28. The van der Waals surface area contributed by atoms with Crippen molar-refractivity contribution >= 4 is 0 Å². The second kappa shape index (κ2) is 6.77. The minimum absolute atomic E-state index is 0.112. The highest BCUT2D eigenvalue weighted by Gasteiger charge is 2.22. The van der Waals surface area contributed by atoms with Crippen LogP contribution in [0, 0.1) is 5.92 Å². The molecule has 1 heterocycles. The monoisotopic (exact) mass is 279 g/mol. The molecule has 20 heavy (non-hydrogen) atoms. The normalized spacial score (nSPS) is 24.0. The molecule has 0 aromatic carbocycles. The van der Waals surface area contributed by atoms with E-state index in [1.807, 2.05) is 12.1 Å². The average Bonchev–Trinajstić information content (AvgIpc) is 2.83. The molecule has 0 radical (unpaired) electrons. The van der Waals surface area contributed by atoms with E-state index < -0.39 is 0 Å². The van der Waals surface area contributed by atoms with Crippen LogP contribution in [0.1, 0.15) is 64.9 Å². The Morgan fingerprint density at radius 3 is 2.60 bits per heavy atom. The Hall–Kier alpha value is -0.800. The largest absolute Gasteiger partial charge is 0.462 e. The van der Waals surface area contributed by atoms with Gasteiger partial charge < -0.3 is 14.5 Å². The van der Waals surface area contributed by atoms with E-state index in [2.05, 4.69) is 33.0 Å². The molecule has 1 aliphatic rings. The summed E-state index contributed by atoms with van der Waals surface area (Å²) in [6, 6.07) is 4.08. The number of furan rings is 1. The van der Waals surface area contributed by atoms with Crippen LogP contribution in [0.3, 0.4) is 0 Å². The first-order valence-corrected chi connectivity index (χ1v) is 7.88. The standard InChI is InChI=1S/C17H29NO2/c1-13-7-5-6-8-16(13)19-12-15-10-9-14(20-15)11-18-17(2,3)4/h9-10,13,16,18H,5-8,11-12H2,1-4H3. The molecule has 2 atom stereocenters. The Balaban J connectivity index is 1.77. The lowest BCUT2D eigenvalue weighted by molar-refractivity contribution is -0.0222. The number of rotatable bonds is 5. The molecule has 1 N–H and O–H groups in total. The molecule has 2 rings (SSSR count). The van der Waals surface area contributed by atoms with Gasteiger partial charge in [-0.05, 0) is 51.7 Å². The summed E-state index contributed by atoms with van der Waals surface area (Å²) in [5.41, 5.74) is 0.112. The maximum absolute atomic E-state index is 6.03. The van der Waals surface area contributed by atoms with Crippen molar-refractivity contribution in [3.05, 3.63) is 23.7 Å². The SMILES string of the molecule is CC1CCCCC1OCc1ccc(CNC(C)(C)C)o1. The lowest BCUT2D eigenvalue weighted by Gasteiger charge is -2.28. The number of hydrogen-bond donors (Lipinski definition) is 1. The fourth-order valence-corrected chi connectivity index (χ4v) is 2.67. The molecule has 0 aliphatic heterocycles. The fourth-order valence-electron chi connectivity index (χ4n) is 2.67. The second-order valence-electron chi connectivity index (χ2n) is 7.08. The Morgan fingerprint density at radius 2 is 1.90 bits per heavy atom. The lowest BCUT2D eigenvalue weighted by Crippen LogP contribution is -2.34. The molecule has 0 bridgehead atoms. The van der Waals surface area contributed by atoms with E-state index in [4.69, 9.17) is 9.15 Å². The van der Waals surface area contributed by atoms with Crippen molar-refractivity contribution in [2.24, 2.45) is 5.92 Å². The number of hydrogen-bond acceptors (Lipinski definition) is 3. The molecule has 0 spiro atoms. The molecule has 1 fully saturated rings. The van der Waals surface area contributed by atoms with Crippen LogP contribution in [0.25, 0.3) is 0 Å². The van der Waals surface area contributed by atoms with Crippen LogP contribution in [0.5, 0.6) is 0 Å². The summed E-state index contributed by atoms with van der Waals surface area (Å²) in [6.45, 7) is 10.1. The average molecular weight is 279 g/mol. The minimum Gasteiger partial charge on any atom is -0.462 e. The van der Waals surface area contributed by atoms with Crippen LogP contribution in [-0.4, -0.2) is 11.6 Å². The van der Waals surface area contributed by atoms with Crippen molar-refractivity contribution in [1.82, 2.24) is 5.32 Å². The highest BCUT2D eigenvalue weighted by Crippen LogP contribution is 2.27. The van der Waals surface area contributed by atoms with Crippen molar-refractivity contribution in [1.29, 1.82) is 0 Å². The molecule has 3 nitrogen and oxygen atoms in total. The first-order chi connectivity index (χ1) is 9.44. The van der Waals surface area contributed by atoms with Crippen molar-refractivity contribution < 1.29 is 9.15 Å². The van der Waals surface area contributed by atoms with E-state index in [0.29, 0.717) is 18.6 Å². The van der Waals surface area contributed by atoms with E-state index in [-0.39, 0.29) is 5.54 Å². The number of ether oxygens (including phenoxy) is 1. The third-order valence-electron chi connectivity index (χ3n) is 3.98. The van der Waals surface area contributed by atoms with Crippen LogP contribution in [0.4, 0.5) is 0 Å². The van der Waals surface area contributed by atoms with Gasteiger partial charge in [-0.2, -0.15) is 0 Å². The van der Waals surface area contributed by atoms with Crippen LogP contribution in [0.2, 0.25) is 0 Å². The van der Waals surface area contributed by atoms with E-state index in [0.717, 1.165) is 18.1 Å². The molecule has 1 aromatic heterocycles. The van der Waals surface area contributed by atoms with E-state index in [1.165, 1.54) is 25.7 Å². The quantitative estimate of drug-likeness (QED) is 0.874. The summed E-state index contributed by atoms with van der Waals surface area (Å²) < 4.78 is 11.8. The highest BCUT2D eigenvalue weighted by atomic mass is 16.5. The van der Waals surface area contributed by atoms with Crippen molar-refractivity contribution in [2.75, 3.05) is 0 Å². The van der Waals surface area contributed by atoms with Gasteiger partial charge in [0.1, 0.15) is 18.1 Å². The molecule has 3 heteroatoms. The van der Waals surface area contributed by atoms with Crippen molar-refractivity contribution in [3.63, 3.8) is 0 Å². The molecule has 1 aliphatic carbocycles. The van der Waals surface area contributed by atoms with Gasteiger partial charge in [0.25, 0.3) is 0 Å². The summed E-state index contributed by atoms with van der Waals surface area (Å²) in [7, 11) is 0. The molecular weight excluding hydrogens is 250 g/mol. The van der Waals surface area contributed by atoms with Gasteiger partial charge in [0, 0.05) is 5.54 Å². The summed E-state index contributed by atoms with van der Waals surface area (Å²) >= 11 is 0. The van der Waals surface area contributed by atoms with E-state index in [9.17, 15) is 0 Å². The highest BCUT2D eigenvalue weighted by molar-refractivity contribution is 5.06. The molecule has 0 amide bonds. The first-order valence-electron chi connectivity index (χ1n) is 7.88. The predicted molar refractivity (Wildman–Crippen MR) is 81.5 cm³/mol. The minimum atomic E-state index is 0.112. The second-order valence-corrected chi connectivity index (χ2v) is 7.08.